The molecule has 0 amide bonds. The Balaban J connectivity index is 2.21. The van der Waals surface area contributed by atoms with Gasteiger partial charge in [0.05, 0.1) is 17.1 Å². The summed E-state index contributed by atoms with van der Waals surface area (Å²) in [5.41, 5.74) is 0.00726. The van der Waals surface area contributed by atoms with Gasteiger partial charge in [-0.25, -0.2) is 13.2 Å². The lowest BCUT2D eigenvalue weighted by molar-refractivity contribution is 0.0687. The predicted molar refractivity (Wildman–Crippen MR) is 70.2 cm³/mol. The van der Waals surface area contributed by atoms with E-state index in [2.05, 4.69) is 15.9 Å². The van der Waals surface area contributed by atoms with Gasteiger partial charge in [-0.3, -0.25) is 0 Å². The van der Waals surface area contributed by atoms with Gasteiger partial charge in [-0.2, -0.15) is 0 Å². The van der Waals surface area contributed by atoms with E-state index < -0.39 is 28.0 Å². The van der Waals surface area contributed by atoms with E-state index in [-0.39, 0.29) is 22.8 Å². The fourth-order valence-electron chi connectivity index (χ4n) is 1.83. The van der Waals surface area contributed by atoms with Crippen molar-refractivity contribution < 1.29 is 28.2 Å². The van der Waals surface area contributed by atoms with Crippen molar-refractivity contribution in [2.24, 2.45) is 0 Å². The van der Waals surface area contributed by atoms with Crippen molar-refractivity contribution in [3.63, 3.8) is 0 Å². The van der Waals surface area contributed by atoms with E-state index in [1.165, 1.54) is 18.2 Å². The molecule has 1 aliphatic heterocycles. The van der Waals surface area contributed by atoms with Crippen LogP contribution in [-0.4, -0.2) is 48.3 Å². The quantitative estimate of drug-likeness (QED) is 0.831. The van der Waals surface area contributed by atoms with Crippen molar-refractivity contribution >= 4 is 31.7 Å². The summed E-state index contributed by atoms with van der Waals surface area (Å²) in [7, 11) is -3.30. The lowest BCUT2D eigenvalue weighted by atomic mass is 10.2. The van der Waals surface area contributed by atoms with Crippen LogP contribution in [0.1, 0.15) is 10.4 Å². The van der Waals surface area contributed by atoms with Crippen molar-refractivity contribution in [3.8, 4) is 5.75 Å². The van der Waals surface area contributed by atoms with Crippen LogP contribution in [-0.2, 0) is 9.84 Å². The van der Waals surface area contributed by atoms with Crippen molar-refractivity contribution in [3.05, 3.63) is 28.2 Å². The summed E-state index contributed by atoms with van der Waals surface area (Å²) in [5.74, 6) is -1.52. The van der Waals surface area contributed by atoms with E-state index in [9.17, 15) is 18.3 Å². The van der Waals surface area contributed by atoms with Crippen LogP contribution >= 0.6 is 15.9 Å². The molecular weight excluding hydrogens is 340 g/mol. The highest BCUT2D eigenvalue weighted by atomic mass is 79.9. The number of hydrogen-bond acceptors (Lipinski definition) is 5. The summed E-state index contributed by atoms with van der Waals surface area (Å²) < 4.78 is 28.4. The van der Waals surface area contributed by atoms with E-state index >= 15 is 0 Å². The first-order valence-corrected chi connectivity index (χ1v) is 7.98. The van der Waals surface area contributed by atoms with Crippen LogP contribution in [0, 0.1) is 0 Å². The van der Waals surface area contributed by atoms with Gasteiger partial charge in [0.2, 0.25) is 0 Å². The Bertz CT molecular complexity index is 612. The summed E-state index contributed by atoms with van der Waals surface area (Å²) in [5, 5.41) is 18.5. The molecule has 2 N–H and O–H groups in total. The third-order valence-electron chi connectivity index (χ3n) is 2.73. The SMILES string of the molecule is O=C(O)c1cc(OC2CS(=O)(=O)CC2O)ccc1Br. The van der Waals surface area contributed by atoms with E-state index in [0.29, 0.717) is 4.47 Å². The Hall–Kier alpha value is -1.12. The molecule has 0 spiro atoms. The molecule has 2 rings (SSSR count). The topological polar surface area (TPSA) is 101 Å². The molecule has 2 atom stereocenters. The Labute approximate surface area is 118 Å². The summed E-state index contributed by atoms with van der Waals surface area (Å²) in [6.45, 7) is 0. The minimum Gasteiger partial charge on any atom is -0.487 e. The van der Waals surface area contributed by atoms with Crippen LogP contribution in [0.25, 0.3) is 0 Å². The standard InChI is InChI=1S/C11H11BrO6S/c12-8-2-1-6(3-7(8)11(14)15)18-10-5-19(16,17)4-9(10)13/h1-3,9-10,13H,4-5H2,(H,14,15). The number of carboxylic acids is 1. The normalized spacial score (nSPS) is 25.2. The van der Waals surface area contributed by atoms with E-state index in [4.69, 9.17) is 9.84 Å². The summed E-state index contributed by atoms with van der Waals surface area (Å²) in [6.07, 6.45) is -1.96. The maximum Gasteiger partial charge on any atom is 0.336 e. The molecule has 1 aromatic rings. The second-order valence-corrected chi connectivity index (χ2v) is 7.26. The number of carboxylic acid groups (broad SMARTS) is 1. The zero-order chi connectivity index (χ0) is 14.2. The largest absolute Gasteiger partial charge is 0.487 e. The summed E-state index contributed by atoms with van der Waals surface area (Å²) in [4.78, 5) is 10.9. The maximum absolute atomic E-state index is 11.3. The molecule has 104 valence electrons. The number of ether oxygens (including phenoxy) is 1. The zero-order valence-electron chi connectivity index (χ0n) is 9.61. The number of aromatic carboxylic acids is 1. The Kier molecular flexibility index (Phi) is 3.84. The van der Waals surface area contributed by atoms with E-state index in [0.717, 1.165) is 0 Å². The van der Waals surface area contributed by atoms with Crippen molar-refractivity contribution in [1.29, 1.82) is 0 Å². The molecule has 0 radical (unpaired) electrons. The van der Waals surface area contributed by atoms with Gasteiger partial charge in [0.25, 0.3) is 0 Å². The molecule has 8 heteroatoms. The van der Waals surface area contributed by atoms with Crippen LogP contribution in [0.15, 0.2) is 22.7 Å². The minimum absolute atomic E-state index is 0.00726. The molecule has 1 heterocycles. The fraction of sp³-hybridized carbons (Fsp3) is 0.364. The number of hydrogen-bond donors (Lipinski definition) is 2. The lowest BCUT2D eigenvalue weighted by Gasteiger charge is -2.16. The monoisotopic (exact) mass is 350 g/mol. The fourth-order valence-corrected chi connectivity index (χ4v) is 3.90. The van der Waals surface area contributed by atoms with Crippen molar-refractivity contribution in [2.75, 3.05) is 11.5 Å². The van der Waals surface area contributed by atoms with Crippen LogP contribution in [0.2, 0.25) is 0 Å². The van der Waals surface area contributed by atoms with Crippen LogP contribution in [0.4, 0.5) is 0 Å². The van der Waals surface area contributed by atoms with Gasteiger partial charge < -0.3 is 14.9 Å². The zero-order valence-corrected chi connectivity index (χ0v) is 12.0. The predicted octanol–water partition coefficient (Wildman–Crippen LogP) is 0.684. The van der Waals surface area contributed by atoms with Crippen LogP contribution in [0.5, 0.6) is 5.75 Å². The highest BCUT2D eigenvalue weighted by Gasteiger charge is 2.38. The third-order valence-corrected chi connectivity index (χ3v) is 5.11. The third kappa shape index (κ3) is 3.26. The average molecular weight is 351 g/mol. The van der Waals surface area contributed by atoms with Crippen LogP contribution in [0.3, 0.4) is 0 Å². The van der Waals surface area contributed by atoms with Gasteiger partial charge in [-0.1, -0.05) is 0 Å². The first kappa shape index (κ1) is 14.3. The molecule has 0 aliphatic carbocycles. The number of halogens is 1. The highest BCUT2D eigenvalue weighted by Crippen LogP contribution is 2.25. The molecule has 6 nitrogen and oxygen atoms in total. The molecule has 1 saturated heterocycles. The molecular formula is C11H11BrO6S. The second-order valence-electron chi connectivity index (χ2n) is 4.25. The summed E-state index contributed by atoms with van der Waals surface area (Å²) >= 11 is 3.09. The van der Waals surface area contributed by atoms with E-state index in [1.54, 1.807) is 0 Å². The Morgan fingerprint density at radius 3 is 2.58 bits per heavy atom. The second kappa shape index (κ2) is 5.10. The van der Waals surface area contributed by atoms with Gasteiger partial charge in [-0.15, -0.1) is 0 Å². The molecule has 1 fully saturated rings. The number of sulfone groups is 1. The molecule has 0 saturated carbocycles. The van der Waals surface area contributed by atoms with Gasteiger partial charge >= 0.3 is 5.97 Å². The molecule has 0 aromatic heterocycles. The Morgan fingerprint density at radius 1 is 1.37 bits per heavy atom. The van der Waals surface area contributed by atoms with Gasteiger partial charge in [-0.05, 0) is 34.1 Å². The lowest BCUT2D eigenvalue weighted by Crippen LogP contribution is -2.29. The molecule has 19 heavy (non-hydrogen) atoms. The number of aliphatic hydroxyl groups is 1. The van der Waals surface area contributed by atoms with Crippen LogP contribution < -0.4 is 4.74 Å². The molecule has 1 aliphatic rings. The average Bonchev–Trinajstić information content (AvgIpc) is 2.54. The number of benzene rings is 1. The molecule has 0 bridgehead atoms. The smallest absolute Gasteiger partial charge is 0.336 e. The number of aliphatic hydroxyl groups excluding tert-OH is 1. The van der Waals surface area contributed by atoms with Crippen molar-refractivity contribution in [2.45, 2.75) is 12.2 Å². The maximum atomic E-state index is 11.3. The first-order valence-electron chi connectivity index (χ1n) is 5.36. The van der Waals surface area contributed by atoms with Gasteiger partial charge in [0, 0.05) is 4.47 Å². The van der Waals surface area contributed by atoms with Crippen molar-refractivity contribution in [1.82, 2.24) is 0 Å². The first-order chi connectivity index (χ1) is 8.78. The van der Waals surface area contributed by atoms with Gasteiger partial charge in [0.1, 0.15) is 18.0 Å². The number of rotatable bonds is 3. The molecule has 2 unspecified atom stereocenters. The van der Waals surface area contributed by atoms with Gasteiger partial charge in [0.15, 0.2) is 9.84 Å². The highest BCUT2D eigenvalue weighted by molar-refractivity contribution is 9.10. The molecule has 1 aromatic carbocycles. The summed E-state index contributed by atoms with van der Waals surface area (Å²) in [6, 6.07) is 4.28. The Morgan fingerprint density at radius 2 is 2.05 bits per heavy atom. The van der Waals surface area contributed by atoms with E-state index in [1.807, 2.05) is 0 Å². The minimum atomic E-state index is -3.30. The number of carbonyl (C=O) groups is 1.